The monoisotopic (exact) mass is 784 g/mol. The number of H-pyrrole nitrogens is 1. The van der Waals surface area contributed by atoms with Gasteiger partial charge in [0.1, 0.15) is 11.8 Å². The fourth-order valence-electron chi connectivity index (χ4n) is 5.53. The van der Waals surface area contributed by atoms with E-state index in [-0.39, 0.29) is 32.5 Å². The number of thiazole rings is 1. The molecule has 3 heterocycles. The molecule has 1 N–H and O–H groups in total. The van der Waals surface area contributed by atoms with Crippen LogP contribution in [-0.4, -0.2) is 44.4 Å². The highest BCUT2D eigenvalue weighted by atomic mass is 35.5. The van der Waals surface area contributed by atoms with Crippen LogP contribution >= 0.6 is 57.9 Å². The van der Waals surface area contributed by atoms with Crippen LogP contribution in [0.15, 0.2) is 85.7 Å². The third-order valence-corrected chi connectivity index (χ3v) is 10.4. The lowest BCUT2D eigenvalue weighted by atomic mass is 9.93. The summed E-state index contributed by atoms with van der Waals surface area (Å²) in [4.78, 5) is 49.3. The summed E-state index contributed by atoms with van der Waals surface area (Å²) in [5.74, 6) is 0.178. The maximum Gasteiger partial charge on any atom is 0.338 e. The Morgan fingerprint density at radius 3 is 2.59 bits per heavy atom. The van der Waals surface area contributed by atoms with Crippen molar-refractivity contribution in [2.45, 2.75) is 42.8 Å². The first-order valence-electron chi connectivity index (χ1n) is 15.4. The smallest absolute Gasteiger partial charge is 0.338 e. The van der Waals surface area contributed by atoms with E-state index in [1.54, 1.807) is 61.5 Å². The van der Waals surface area contributed by atoms with Gasteiger partial charge in [-0.1, -0.05) is 65.6 Å². The Bertz CT molecular complexity index is 2410. The quantitative estimate of drug-likeness (QED) is 0.0820. The second kappa shape index (κ2) is 15.4. The topological polar surface area (TPSA) is 155 Å². The molecule has 1 atom stereocenters. The van der Waals surface area contributed by atoms with E-state index in [4.69, 9.17) is 49.3 Å². The molecule has 0 bridgehead atoms. The molecule has 0 radical (unpaired) electrons. The van der Waals surface area contributed by atoms with Crippen LogP contribution in [-0.2, 0) is 9.53 Å². The molecule has 12 nitrogen and oxygen atoms in total. The lowest BCUT2D eigenvalue weighted by Gasteiger charge is -2.27. The highest BCUT2D eigenvalue weighted by Crippen LogP contribution is 2.39. The Morgan fingerprint density at radius 2 is 1.88 bits per heavy atom. The molecule has 0 aliphatic carbocycles. The number of nitrogens with one attached hydrogen (secondary N) is 1. The molecule has 2 aromatic heterocycles. The van der Waals surface area contributed by atoms with Crippen molar-refractivity contribution in [3.05, 3.63) is 122 Å². The second-order valence-electron chi connectivity index (χ2n) is 11.0. The molecule has 5 aromatic rings. The number of allylic oxidation sites excluding steroid dienone is 1. The minimum Gasteiger partial charge on any atom is -0.496 e. The molecule has 0 saturated carbocycles. The summed E-state index contributed by atoms with van der Waals surface area (Å²) in [5.41, 5.74) is 1.47. The van der Waals surface area contributed by atoms with Crippen molar-refractivity contribution >= 4 is 75.6 Å². The lowest BCUT2D eigenvalue weighted by molar-refractivity contribution is -0.387. The fraction of sp³-hybridized carbons (Fsp3) is 0.206. The third kappa shape index (κ3) is 7.46. The predicted octanol–water partition coefficient (Wildman–Crippen LogP) is 7.39. The van der Waals surface area contributed by atoms with E-state index < -0.39 is 22.5 Å². The molecular formula is C34H27Cl3N6O6S2. The van der Waals surface area contributed by atoms with Crippen molar-refractivity contribution in [2.75, 3.05) is 13.7 Å². The van der Waals surface area contributed by atoms with Gasteiger partial charge in [-0.3, -0.25) is 24.6 Å². The number of fused-ring (bicyclic) bond motifs is 1. The fourth-order valence-corrected chi connectivity index (χ4v) is 8.03. The average molecular weight is 786 g/mol. The molecule has 262 valence electrons. The van der Waals surface area contributed by atoms with Crippen LogP contribution in [0.25, 0.3) is 17.5 Å². The zero-order valence-electron chi connectivity index (χ0n) is 27.1. The van der Waals surface area contributed by atoms with Gasteiger partial charge in [0.2, 0.25) is 5.16 Å². The maximum atomic E-state index is 14.2. The first-order valence-corrected chi connectivity index (χ1v) is 18.2. The number of nitro groups is 1. The summed E-state index contributed by atoms with van der Waals surface area (Å²) in [7, 11) is 1.49. The lowest BCUT2D eigenvalue weighted by Crippen LogP contribution is -2.40. The first-order chi connectivity index (χ1) is 24.5. The molecular weight excluding hydrogens is 759 g/mol. The van der Waals surface area contributed by atoms with E-state index in [1.807, 2.05) is 6.92 Å². The van der Waals surface area contributed by atoms with Gasteiger partial charge in [-0.2, -0.15) is 0 Å². The van der Waals surface area contributed by atoms with E-state index in [9.17, 15) is 19.7 Å². The Kier molecular flexibility index (Phi) is 11.0. The van der Waals surface area contributed by atoms with Gasteiger partial charge in [0, 0.05) is 27.2 Å². The summed E-state index contributed by atoms with van der Waals surface area (Å²) in [6, 6.07) is 13.5. The summed E-state index contributed by atoms with van der Waals surface area (Å²) >= 11 is 20.8. The number of carbonyl (C=O) groups excluding carboxylic acids is 1. The van der Waals surface area contributed by atoms with Crippen LogP contribution in [0.5, 0.6) is 5.75 Å². The van der Waals surface area contributed by atoms with Gasteiger partial charge in [0.25, 0.3) is 11.2 Å². The van der Waals surface area contributed by atoms with Gasteiger partial charge < -0.3 is 9.47 Å². The van der Waals surface area contributed by atoms with Crippen molar-refractivity contribution < 1.29 is 19.2 Å². The van der Waals surface area contributed by atoms with Gasteiger partial charge >= 0.3 is 5.97 Å². The second-order valence-corrected chi connectivity index (χ2v) is 14.3. The van der Waals surface area contributed by atoms with Crippen LogP contribution in [0.3, 0.4) is 0 Å². The number of rotatable bonds is 11. The van der Waals surface area contributed by atoms with E-state index >= 15 is 0 Å². The largest absolute Gasteiger partial charge is 0.496 e. The van der Waals surface area contributed by atoms with Crippen molar-refractivity contribution in [3.63, 3.8) is 0 Å². The zero-order chi connectivity index (χ0) is 36.4. The van der Waals surface area contributed by atoms with Gasteiger partial charge in [-0.05, 0) is 79.2 Å². The van der Waals surface area contributed by atoms with Crippen LogP contribution in [0, 0.1) is 10.1 Å². The first kappa shape index (κ1) is 36.3. The van der Waals surface area contributed by atoms with Crippen LogP contribution in [0.1, 0.15) is 43.9 Å². The highest BCUT2D eigenvalue weighted by Gasteiger charge is 2.36. The Morgan fingerprint density at radius 1 is 1.12 bits per heavy atom. The van der Waals surface area contributed by atoms with Crippen LogP contribution in [0.2, 0.25) is 15.1 Å². The van der Waals surface area contributed by atoms with Gasteiger partial charge in [-0.15, -0.1) is 5.10 Å². The van der Waals surface area contributed by atoms with E-state index in [2.05, 4.69) is 15.2 Å². The number of methoxy groups -OCH3 is 1. The number of nitrogens with zero attached hydrogens (tertiary/aromatic N) is 5. The number of esters is 1. The summed E-state index contributed by atoms with van der Waals surface area (Å²) in [6.45, 7) is 3.78. The maximum absolute atomic E-state index is 14.2. The Labute approximate surface area is 313 Å². The number of carbonyl (C=O) groups is 1. The van der Waals surface area contributed by atoms with Crippen molar-refractivity contribution in [3.8, 4) is 17.1 Å². The Balaban J connectivity index is 1.43. The summed E-state index contributed by atoms with van der Waals surface area (Å²) in [6.07, 6.45) is 2.68. The summed E-state index contributed by atoms with van der Waals surface area (Å²) < 4.78 is 12.8. The molecule has 3 aromatic carbocycles. The summed E-state index contributed by atoms with van der Waals surface area (Å²) in [5, 5.41) is 20.7. The van der Waals surface area contributed by atoms with Crippen LogP contribution < -0.4 is 19.6 Å². The van der Waals surface area contributed by atoms with Crippen molar-refractivity contribution in [2.24, 2.45) is 4.99 Å². The molecule has 1 aliphatic rings. The SMILES string of the molecule is CCCC1=C(C(=O)OCC)[C@H](c2cc(Cl)ccc2OC)n2c(s/c(=C\c3ccc(Sc4n[nH]c(-c5ccc(Cl)cc5Cl)n4)c([N+](=O)[O-])c3)c2=O)=N1. The van der Waals surface area contributed by atoms with E-state index in [0.717, 1.165) is 23.1 Å². The highest BCUT2D eigenvalue weighted by molar-refractivity contribution is 7.99. The number of ether oxygens (including phenoxy) is 2. The third-order valence-electron chi connectivity index (χ3n) is 7.71. The molecule has 0 amide bonds. The molecule has 0 saturated heterocycles. The van der Waals surface area contributed by atoms with Crippen molar-refractivity contribution in [1.82, 2.24) is 19.7 Å². The standard InChI is InChI=1S/C34H27Cl3N6O6S2/c1-4-6-23-28(32(45)49-5-2)29(21-15-18(35)9-11-25(21)48-3)42-31(44)27(51-34(42)38-23)14-17-7-12-26(24(13-17)43(46)47)50-33-39-30(40-41-33)20-10-8-19(36)16-22(20)37/h7-16,29H,4-6H2,1-3H3,(H,39,40,41)/b27-14-/t29-/m0/s1. The molecule has 0 spiro atoms. The normalized spacial score (nSPS) is 14.3. The van der Waals surface area contributed by atoms with Gasteiger partial charge in [0.05, 0.1) is 44.4 Å². The number of aromatic nitrogens is 4. The number of benzene rings is 3. The van der Waals surface area contributed by atoms with Crippen LogP contribution in [0.4, 0.5) is 5.69 Å². The molecule has 17 heteroatoms. The number of nitro benzene ring substituents is 1. The minimum absolute atomic E-state index is 0.118. The average Bonchev–Trinajstić information content (AvgIpc) is 3.68. The van der Waals surface area contributed by atoms with Crippen molar-refractivity contribution in [1.29, 1.82) is 0 Å². The number of hydrogen-bond acceptors (Lipinski definition) is 11. The number of hydrogen-bond donors (Lipinski definition) is 1. The van der Waals surface area contributed by atoms with Gasteiger partial charge in [0.15, 0.2) is 10.6 Å². The number of aromatic amines is 1. The number of halogens is 3. The van der Waals surface area contributed by atoms with E-state index in [1.165, 1.54) is 17.7 Å². The minimum atomic E-state index is -0.959. The molecule has 0 unspecified atom stereocenters. The Hall–Kier alpha value is -4.47. The van der Waals surface area contributed by atoms with E-state index in [0.29, 0.717) is 66.7 Å². The molecule has 0 fully saturated rings. The molecule has 1 aliphatic heterocycles. The predicted molar refractivity (Wildman–Crippen MR) is 197 cm³/mol. The zero-order valence-corrected chi connectivity index (χ0v) is 31.0. The van der Waals surface area contributed by atoms with Gasteiger partial charge in [-0.25, -0.2) is 14.8 Å². The molecule has 51 heavy (non-hydrogen) atoms. The molecule has 6 rings (SSSR count).